The summed E-state index contributed by atoms with van der Waals surface area (Å²) in [5.74, 6) is -2.77. The average Bonchev–Trinajstić information content (AvgIpc) is 3.03. The van der Waals surface area contributed by atoms with Crippen LogP contribution < -0.4 is 10.1 Å². The van der Waals surface area contributed by atoms with Crippen LogP contribution in [-0.2, 0) is 19.1 Å². The van der Waals surface area contributed by atoms with Gasteiger partial charge in [0, 0.05) is 17.0 Å². The molecule has 1 N–H and O–H groups in total. The first-order valence-electron chi connectivity index (χ1n) is 12.9. The number of thioether (sulfide) groups is 1. The van der Waals surface area contributed by atoms with Gasteiger partial charge in [-0.2, -0.15) is 0 Å². The molecule has 2 saturated heterocycles. The number of β-lactam (4-membered cyclic amide) rings is 1. The number of esters is 3. The van der Waals surface area contributed by atoms with Crippen molar-refractivity contribution in [1.29, 1.82) is 0 Å². The lowest BCUT2D eigenvalue weighted by atomic mass is 9.87. The maximum atomic E-state index is 13.5. The minimum Gasteiger partial charge on any atom is -0.497 e. The van der Waals surface area contributed by atoms with Crippen LogP contribution in [0, 0.1) is 5.41 Å². The Balaban J connectivity index is 1.38. The Hall–Kier alpha value is -4.90. The lowest BCUT2D eigenvalue weighted by molar-refractivity contribution is -0.155. The molecule has 2 unspecified atom stereocenters. The van der Waals surface area contributed by atoms with Crippen LogP contribution in [0.5, 0.6) is 5.75 Å². The summed E-state index contributed by atoms with van der Waals surface area (Å²) in [7, 11) is 1.49. The molecule has 214 valence electrons. The fourth-order valence-corrected chi connectivity index (χ4v) is 5.90. The quantitative estimate of drug-likeness (QED) is 0.190. The Morgan fingerprint density at radius 2 is 1.48 bits per heavy atom. The Morgan fingerprint density at radius 1 is 0.881 bits per heavy atom. The van der Waals surface area contributed by atoms with Gasteiger partial charge in [-0.3, -0.25) is 14.4 Å². The van der Waals surface area contributed by atoms with E-state index in [2.05, 4.69) is 5.32 Å². The number of hydrogen-bond donors (Lipinski definition) is 1. The maximum absolute atomic E-state index is 13.5. The van der Waals surface area contributed by atoms with E-state index >= 15 is 0 Å². The summed E-state index contributed by atoms with van der Waals surface area (Å²) in [6, 6.07) is 21.9. The van der Waals surface area contributed by atoms with Gasteiger partial charge < -0.3 is 24.4 Å². The van der Waals surface area contributed by atoms with Gasteiger partial charge in [0.15, 0.2) is 0 Å². The second kappa shape index (κ2) is 11.9. The molecule has 5 rings (SSSR count). The Bertz CT molecular complexity index is 1560. The van der Waals surface area contributed by atoms with E-state index in [0.717, 1.165) is 18.0 Å². The third kappa shape index (κ3) is 5.64. The lowest BCUT2D eigenvalue weighted by Crippen LogP contribution is -2.73. The zero-order chi connectivity index (χ0) is 29.9. The number of hydrogen-bond acceptors (Lipinski definition) is 9. The summed E-state index contributed by atoms with van der Waals surface area (Å²) in [6.45, 7) is 1.34. The van der Waals surface area contributed by atoms with Crippen LogP contribution in [0.2, 0.25) is 0 Å². The Labute approximate surface area is 245 Å². The van der Waals surface area contributed by atoms with Crippen LogP contribution in [0.4, 0.5) is 0 Å². The third-order valence-corrected chi connectivity index (χ3v) is 8.56. The number of carbonyl (C=O) groups is 5. The second-order valence-electron chi connectivity index (χ2n) is 9.78. The molecule has 3 aromatic rings. The van der Waals surface area contributed by atoms with Crippen molar-refractivity contribution in [1.82, 2.24) is 10.2 Å². The third-order valence-electron chi connectivity index (χ3n) is 6.99. The molecule has 2 aliphatic heterocycles. The van der Waals surface area contributed by atoms with E-state index in [9.17, 15) is 24.0 Å². The normalized spacial score (nSPS) is 21.9. The molecule has 2 amide bonds. The van der Waals surface area contributed by atoms with E-state index in [1.54, 1.807) is 72.8 Å². The molecule has 0 spiro atoms. The van der Waals surface area contributed by atoms with E-state index in [4.69, 9.17) is 14.2 Å². The van der Waals surface area contributed by atoms with Crippen molar-refractivity contribution in [2.24, 2.45) is 5.41 Å². The monoisotopic (exact) mass is 586 g/mol. The molecular weight excluding hydrogens is 560 g/mol. The van der Waals surface area contributed by atoms with Crippen molar-refractivity contribution >= 4 is 41.5 Å². The Kier molecular flexibility index (Phi) is 8.12. The molecule has 0 saturated carbocycles. The van der Waals surface area contributed by atoms with Crippen molar-refractivity contribution in [3.63, 3.8) is 0 Å². The minimum absolute atomic E-state index is 0.124. The van der Waals surface area contributed by atoms with Gasteiger partial charge in [0.05, 0.1) is 18.2 Å². The molecule has 3 aromatic carbocycles. The Morgan fingerprint density at radius 3 is 2.10 bits per heavy atom. The van der Waals surface area contributed by atoms with Gasteiger partial charge in [0.1, 0.15) is 28.8 Å². The first kappa shape index (κ1) is 28.6. The van der Waals surface area contributed by atoms with Crippen LogP contribution in [-0.4, -0.2) is 59.7 Å². The molecule has 11 heteroatoms. The molecule has 0 radical (unpaired) electrons. The van der Waals surface area contributed by atoms with E-state index in [0.29, 0.717) is 16.9 Å². The first-order valence-corrected chi connectivity index (χ1v) is 13.8. The van der Waals surface area contributed by atoms with Gasteiger partial charge in [0.25, 0.3) is 5.91 Å². The van der Waals surface area contributed by atoms with Crippen LogP contribution in [0.25, 0.3) is 0 Å². The SMILES string of the molecule is COc1ccc(C(=O)OC(=O)C2(C)CN3C(=O)C(NC(=O)c4ccccc4)[C@H]3SC2=COC(=O)c2ccccc2)cc1. The molecule has 2 fully saturated rings. The average molecular weight is 587 g/mol. The number of amides is 2. The van der Waals surface area contributed by atoms with E-state index in [-0.39, 0.29) is 17.0 Å². The smallest absolute Gasteiger partial charge is 0.345 e. The van der Waals surface area contributed by atoms with E-state index in [1.807, 2.05) is 0 Å². The van der Waals surface area contributed by atoms with Crippen molar-refractivity contribution < 1.29 is 38.2 Å². The van der Waals surface area contributed by atoms with Gasteiger partial charge in [-0.05, 0) is 55.5 Å². The standard InChI is InChI=1S/C31H26N2O8S/c1-31(30(38)41-29(37)21-13-15-22(39-2)16-14-21)18-33-26(35)24(32-25(34)19-9-5-3-6-10-19)27(33)42-23(31)17-40-28(36)20-11-7-4-8-12-20/h3-17,24,27H,18H2,1-2H3,(H,32,34)/t24?,27-,31?/m1/s1. The first-order chi connectivity index (χ1) is 20.2. The van der Waals surface area contributed by atoms with Gasteiger partial charge in [-0.25, -0.2) is 9.59 Å². The van der Waals surface area contributed by atoms with Crippen molar-refractivity contribution in [3.8, 4) is 5.75 Å². The molecule has 3 atom stereocenters. The number of rotatable bonds is 7. The topological polar surface area (TPSA) is 128 Å². The van der Waals surface area contributed by atoms with Gasteiger partial charge in [-0.1, -0.05) is 48.2 Å². The number of ether oxygens (including phenoxy) is 3. The van der Waals surface area contributed by atoms with Crippen LogP contribution in [0.15, 0.2) is 96.1 Å². The number of benzene rings is 3. The molecule has 42 heavy (non-hydrogen) atoms. The summed E-state index contributed by atoms with van der Waals surface area (Å²) in [5, 5.41) is 2.17. The predicted molar refractivity (Wildman–Crippen MR) is 152 cm³/mol. The summed E-state index contributed by atoms with van der Waals surface area (Å²) < 4.78 is 15.8. The second-order valence-corrected chi connectivity index (χ2v) is 10.9. The van der Waals surface area contributed by atoms with E-state index < -0.39 is 46.6 Å². The summed E-state index contributed by atoms with van der Waals surface area (Å²) in [5.41, 5.74) is -0.742. The summed E-state index contributed by atoms with van der Waals surface area (Å²) >= 11 is 1.08. The summed E-state index contributed by atoms with van der Waals surface area (Å²) in [6.07, 6.45) is 1.15. The van der Waals surface area contributed by atoms with Crippen LogP contribution >= 0.6 is 11.8 Å². The predicted octanol–water partition coefficient (Wildman–Crippen LogP) is 3.80. The van der Waals surface area contributed by atoms with Crippen LogP contribution in [0.1, 0.15) is 38.0 Å². The van der Waals surface area contributed by atoms with E-state index in [1.165, 1.54) is 31.1 Å². The van der Waals surface area contributed by atoms with Crippen LogP contribution in [0.3, 0.4) is 0 Å². The molecular formula is C31H26N2O8S. The largest absolute Gasteiger partial charge is 0.497 e. The zero-order valence-electron chi connectivity index (χ0n) is 22.6. The number of nitrogens with one attached hydrogen (secondary N) is 1. The highest BCUT2D eigenvalue weighted by Gasteiger charge is 2.59. The highest BCUT2D eigenvalue weighted by Crippen LogP contribution is 2.50. The molecule has 0 aliphatic carbocycles. The molecule has 10 nitrogen and oxygen atoms in total. The van der Waals surface area contributed by atoms with Crippen molar-refractivity contribution in [2.75, 3.05) is 13.7 Å². The number of nitrogens with zero attached hydrogens (tertiary/aromatic N) is 1. The number of fused-ring (bicyclic) bond motifs is 1. The number of carbonyl (C=O) groups excluding carboxylic acids is 5. The minimum atomic E-state index is -1.55. The van der Waals surface area contributed by atoms with Crippen molar-refractivity contribution in [3.05, 3.63) is 113 Å². The fraction of sp³-hybridized carbons (Fsp3) is 0.194. The highest BCUT2D eigenvalue weighted by atomic mass is 32.2. The van der Waals surface area contributed by atoms with Gasteiger partial charge >= 0.3 is 17.9 Å². The fourth-order valence-electron chi connectivity index (χ4n) is 4.50. The van der Waals surface area contributed by atoms with Gasteiger partial charge in [0.2, 0.25) is 5.91 Å². The summed E-state index contributed by atoms with van der Waals surface area (Å²) in [4.78, 5) is 66.5. The van der Waals surface area contributed by atoms with Gasteiger partial charge in [-0.15, -0.1) is 0 Å². The zero-order valence-corrected chi connectivity index (χ0v) is 23.5. The highest BCUT2D eigenvalue weighted by molar-refractivity contribution is 8.04. The lowest BCUT2D eigenvalue weighted by Gasteiger charge is -2.53. The molecule has 0 aromatic heterocycles. The van der Waals surface area contributed by atoms with Crippen molar-refractivity contribution in [2.45, 2.75) is 18.3 Å². The number of methoxy groups -OCH3 is 1. The molecule has 2 heterocycles. The maximum Gasteiger partial charge on any atom is 0.345 e. The molecule has 0 bridgehead atoms. The molecule has 2 aliphatic rings.